The van der Waals surface area contributed by atoms with Crippen molar-refractivity contribution in [2.75, 3.05) is 40.3 Å². The number of methoxy groups -OCH3 is 3. The zero-order valence-corrected chi connectivity index (χ0v) is 45.7. The van der Waals surface area contributed by atoms with Crippen LogP contribution in [-0.2, 0) is 89.0 Å². The summed E-state index contributed by atoms with van der Waals surface area (Å²) in [6.45, 7) is 16.6. The monoisotopic (exact) mass is 1060 g/mol. The molecule has 6 rings (SSSR count). The first-order valence-electron chi connectivity index (χ1n) is 24.9. The highest BCUT2D eigenvalue weighted by molar-refractivity contribution is 7.99. The third-order valence-electron chi connectivity index (χ3n) is 13.6. The minimum absolute atomic E-state index is 0.0638. The summed E-state index contributed by atoms with van der Waals surface area (Å²) in [7, 11) is 3.91. The van der Waals surface area contributed by atoms with E-state index in [2.05, 4.69) is 16.9 Å². The maximum absolute atomic E-state index is 13.7. The molecule has 6 heterocycles. The molecule has 8 bridgehead atoms. The summed E-state index contributed by atoms with van der Waals surface area (Å²) < 4.78 is 50.5. The van der Waals surface area contributed by atoms with Crippen LogP contribution in [0.1, 0.15) is 143 Å². The van der Waals surface area contributed by atoms with Gasteiger partial charge in [0.25, 0.3) is 0 Å². The lowest BCUT2D eigenvalue weighted by molar-refractivity contribution is -0.237. The Kier molecular flexibility index (Phi) is 19.5. The molecule has 0 aliphatic carbocycles. The number of fused-ring (bicyclic) bond motifs is 8. The number of hydrogen-bond donors (Lipinski definition) is 2. The fraction of sp³-hybridized carbons (Fsp3) is 0.537. The second-order valence-corrected chi connectivity index (χ2v) is 19.8. The first-order valence-corrected chi connectivity index (χ1v) is 25.9. The van der Waals surface area contributed by atoms with Crippen molar-refractivity contribution in [1.29, 1.82) is 0 Å². The normalized spacial score (nSPS) is 20.7. The summed E-state index contributed by atoms with van der Waals surface area (Å²) in [5.74, 6) is -4.62. The van der Waals surface area contributed by atoms with Gasteiger partial charge in [0.15, 0.2) is 18.3 Å². The molecule has 3 aromatic rings. The second kappa shape index (κ2) is 25.3. The molecule has 0 amide bonds. The highest BCUT2D eigenvalue weighted by Crippen LogP contribution is 2.44. The number of esters is 7. The van der Waals surface area contributed by atoms with Gasteiger partial charge in [-0.05, 0) is 93.2 Å². The number of thioether (sulfide) groups is 1. The average molecular weight is 1060 g/mol. The maximum Gasteiger partial charge on any atom is 0.340 e. The van der Waals surface area contributed by atoms with Gasteiger partial charge in [-0.3, -0.25) is 33.8 Å². The van der Waals surface area contributed by atoms with Crippen LogP contribution in [0.25, 0.3) is 33.2 Å². The van der Waals surface area contributed by atoms with Crippen LogP contribution < -0.4 is 0 Å². The number of aromatic nitrogens is 4. The number of rotatable bonds is 19. The van der Waals surface area contributed by atoms with Gasteiger partial charge in [0.05, 0.1) is 56.5 Å². The molecule has 0 radical (unpaired) electrons. The molecule has 3 aliphatic heterocycles. The lowest BCUT2D eigenvalue weighted by atomic mass is 9.84. The molecule has 75 heavy (non-hydrogen) atoms. The van der Waals surface area contributed by atoms with Gasteiger partial charge in [-0.2, -0.15) is 0 Å². The van der Waals surface area contributed by atoms with Crippen LogP contribution in [0.4, 0.5) is 0 Å². The fourth-order valence-corrected chi connectivity index (χ4v) is 11.1. The van der Waals surface area contributed by atoms with Crippen molar-refractivity contribution in [2.24, 2.45) is 0 Å². The first kappa shape index (κ1) is 57.7. The molecule has 8 atom stereocenters. The molecule has 0 spiro atoms. The van der Waals surface area contributed by atoms with Gasteiger partial charge in [-0.25, -0.2) is 9.78 Å². The number of nitrogens with zero attached hydrogens (tertiary/aromatic N) is 2. The van der Waals surface area contributed by atoms with E-state index < -0.39 is 83.7 Å². The maximum atomic E-state index is 13.7. The van der Waals surface area contributed by atoms with Gasteiger partial charge in [0.1, 0.15) is 18.1 Å². The van der Waals surface area contributed by atoms with Gasteiger partial charge < -0.3 is 52.6 Å². The standard InChI is InChI=1S/C54H68N4O16S/c1-14-34-25(2)37-23-42-46(29(6)69-18-15-19-75-54-52(73-33(10)62)51(72-32(9)61)50(71-31(8)60)43(74-54)24-70-30(7)59)27(4)39(56-42)21-38-26(3)35(16-17-44(63)66-11)48(57-38)36(20-45(64)67-12)49-47(53(65)68-13)28(5)40(58-49)22-41(34)55-37/h21-23,26,29,35,43,50-52,54-56H,14-20,24H2,1-13H3/t26-,29?,35-,43+,50-,51-,52+,54-/m0/s1. The van der Waals surface area contributed by atoms with Crippen molar-refractivity contribution in [3.63, 3.8) is 0 Å². The molecular weight excluding hydrogens is 993 g/mol. The Bertz CT molecular complexity index is 2910. The van der Waals surface area contributed by atoms with Gasteiger partial charge in [0, 0.05) is 91.4 Å². The van der Waals surface area contributed by atoms with Crippen LogP contribution in [0.2, 0.25) is 0 Å². The number of allylic oxidation sites excluding steroid dienone is 1. The molecule has 3 aliphatic rings. The van der Waals surface area contributed by atoms with Gasteiger partial charge in [-0.1, -0.05) is 13.8 Å². The van der Waals surface area contributed by atoms with Crippen LogP contribution in [0.5, 0.6) is 0 Å². The quantitative estimate of drug-likeness (QED) is 0.0671. The third kappa shape index (κ3) is 13.3. The van der Waals surface area contributed by atoms with Gasteiger partial charge >= 0.3 is 41.8 Å². The van der Waals surface area contributed by atoms with Crippen molar-refractivity contribution in [2.45, 2.75) is 149 Å². The van der Waals surface area contributed by atoms with Gasteiger partial charge in [0.2, 0.25) is 0 Å². The second-order valence-electron chi connectivity index (χ2n) is 18.6. The van der Waals surface area contributed by atoms with E-state index in [4.69, 9.17) is 52.6 Å². The Morgan fingerprint density at radius 1 is 0.747 bits per heavy atom. The summed E-state index contributed by atoms with van der Waals surface area (Å²) in [6, 6.07) is 5.91. The topological polar surface area (TPSA) is 260 Å². The molecular formula is C54H68N4O16S. The number of ether oxygens (including phenoxy) is 9. The number of aryl methyl sites for hydroxylation is 3. The van der Waals surface area contributed by atoms with E-state index in [1.54, 1.807) is 6.92 Å². The highest BCUT2D eigenvalue weighted by Gasteiger charge is 2.52. The summed E-state index contributed by atoms with van der Waals surface area (Å²) >= 11 is 1.27. The number of hydrogen-bond acceptors (Lipinski definition) is 19. The molecule has 1 unspecified atom stereocenters. The molecule has 20 nitrogen and oxygen atoms in total. The van der Waals surface area contributed by atoms with E-state index in [-0.39, 0.29) is 43.2 Å². The van der Waals surface area contributed by atoms with Crippen molar-refractivity contribution in [3.8, 4) is 0 Å². The molecule has 0 saturated carbocycles. The lowest BCUT2D eigenvalue weighted by Crippen LogP contribution is -2.61. The Balaban J connectivity index is 1.43. The molecule has 1 fully saturated rings. The lowest BCUT2D eigenvalue weighted by Gasteiger charge is -2.44. The van der Waals surface area contributed by atoms with E-state index in [1.807, 2.05) is 45.9 Å². The predicted octanol–water partition coefficient (Wildman–Crippen LogP) is 7.44. The summed E-state index contributed by atoms with van der Waals surface area (Å²) in [5.41, 5.74) is 9.00. The summed E-state index contributed by atoms with van der Waals surface area (Å²) in [5, 5.41) is 0. The van der Waals surface area contributed by atoms with Crippen LogP contribution >= 0.6 is 11.8 Å². The van der Waals surface area contributed by atoms with Crippen molar-refractivity contribution < 1.29 is 76.2 Å². The smallest absolute Gasteiger partial charge is 0.340 e. The number of nitrogens with one attached hydrogen (secondary N) is 2. The van der Waals surface area contributed by atoms with E-state index in [1.165, 1.54) is 60.8 Å². The summed E-state index contributed by atoms with van der Waals surface area (Å²) in [4.78, 5) is 106. The van der Waals surface area contributed by atoms with E-state index in [0.29, 0.717) is 53.2 Å². The minimum Gasteiger partial charge on any atom is -0.469 e. The van der Waals surface area contributed by atoms with E-state index in [9.17, 15) is 33.6 Å². The molecule has 0 aromatic carbocycles. The van der Waals surface area contributed by atoms with E-state index in [0.717, 1.165) is 44.3 Å². The molecule has 2 N–H and O–H groups in total. The van der Waals surface area contributed by atoms with Crippen LogP contribution in [0.3, 0.4) is 0 Å². The van der Waals surface area contributed by atoms with Crippen LogP contribution in [0, 0.1) is 13.8 Å². The zero-order valence-electron chi connectivity index (χ0n) is 44.8. The SMILES string of the molecule is CCc1c(C)c2cc3[nH]c(cc4nc(c(CC(=O)OC)c5nc(cc1[nH]2)C(C)=C5C(=O)OC)[C@@H](CCC(=O)OC)[C@@H]4C)c(C)c3C(C)OCCCS[C@@H]1O[C@H](COC(C)=O)[C@H](OC(C)=O)[C@H](OC(C)=O)[C@H]1OC(C)=O. The molecule has 21 heteroatoms. The zero-order chi connectivity index (χ0) is 55.0. The molecule has 406 valence electrons. The van der Waals surface area contributed by atoms with Crippen LogP contribution in [0.15, 0.2) is 18.2 Å². The average Bonchev–Trinajstić information content (AvgIpc) is 4.05. The van der Waals surface area contributed by atoms with Crippen molar-refractivity contribution in [1.82, 2.24) is 19.9 Å². The van der Waals surface area contributed by atoms with Crippen molar-refractivity contribution >= 4 is 86.8 Å². The Morgan fingerprint density at radius 2 is 1.39 bits per heavy atom. The largest absolute Gasteiger partial charge is 0.469 e. The predicted molar refractivity (Wildman–Crippen MR) is 276 cm³/mol. The van der Waals surface area contributed by atoms with Crippen LogP contribution in [-0.4, -0.2) is 132 Å². The number of carbonyl (C=O) groups is 7. The Labute approximate surface area is 439 Å². The summed E-state index contributed by atoms with van der Waals surface area (Å²) in [6.07, 6.45) is -3.99. The Hall–Kier alpha value is -6.58. The fourth-order valence-electron chi connectivity index (χ4n) is 9.96. The van der Waals surface area contributed by atoms with Gasteiger partial charge in [-0.15, -0.1) is 11.8 Å². The van der Waals surface area contributed by atoms with Crippen molar-refractivity contribution in [3.05, 3.63) is 68.8 Å². The number of aromatic amines is 2. The number of carbonyl (C=O) groups excluding carboxylic acids is 7. The number of H-pyrrole nitrogens is 2. The Morgan fingerprint density at radius 3 is 2.01 bits per heavy atom. The molecule has 3 aromatic heterocycles. The van der Waals surface area contributed by atoms with E-state index >= 15 is 0 Å². The first-order chi connectivity index (χ1) is 35.6. The third-order valence-corrected chi connectivity index (χ3v) is 14.9. The molecule has 1 saturated heterocycles. The highest BCUT2D eigenvalue weighted by atomic mass is 32.2. The minimum atomic E-state index is -1.27.